The standard InChI is InChI=1S/C25H21ClN4O2S/c26-19-3-1-2-4-20(19)29-25-30(27-12-18-10-15-5-6-16(18)9-15)22(14-33-25)17-7-8-23-21(11-17)28-24(31)13-32-23/h1-8,11-12,14-16,18H,9-10,13H2,(H,28,31). The molecule has 2 aliphatic carbocycles. The zero-order valence-electron chi connectivity index (χ0n) is 17.6. The molecule has 0 saturated heterocycles. The van der Waals surface area contributed by atoms with Crippen molar-refractivity contribution >= 4 is 46.4 Å². The summed E-state index contributed by atoms with van der Waals surface area (Å²) < 4.78 is 7.38. The van der Waals surface area contributed by atoms with Gasteiger partial charge in [-0.3, -0.25) is 4.79 Å². The van der Waals surface area contributed by atoms with Crippen molar-refractivity contribution in [3.05, 3.63) is 69.8 Å². The van der Waals surface area contributed by atoms with Gasteiger partial charge < -0.3 is 10.1 Å². The highest BCUT2D eigenvalue weighted by Crippen LogP contribution is 2.42. The summed E-state index contributed by atoms with van der Waals surface area (Å²) in [6.45, 7) is 0.0357. The van der Waals surface area contributed by atoms with Gasteiger partial charge in [-0.15, -0.1) is 11.3 Å². The average Bonchev–Trinajstić information content (AvgIpc) is 3.55. The summed E-state index contributed by atoms with van der Waals surface area (Å²) in [7, 11) is 0. The molecule has 6 rings (SSSR count). The van der Waals surface area contributed by atoms with E-state index in [-0.39, 0.29) is 12.5 Å². The van der Waals surface area contributed by atoms with Gasteiger partial charge in [0, 0.05) is 23.1 Å². The molecular formula is C25H21ClN4O2S. The summed E-state index contributed by atoms with van der Waals surface area (Å²) in [6, 6.07) is 13.3. The van der Waals surface area contributed by atoms with Crippen LogP contribution in [-0.2, 0) is 4.79 Å². The number of rotatable bonds is 4. The van der Waals surface area contributed by atoms with Crippen LogP contribution in [0.15, 0.2) is 70.1 Å². The topological polar surface area (TPSA) is 68.0 Å². The second-order valence-corrected chi connectivity index (χ2v) is 9.78. The second-order valence-electron chi connectivity index (χ2n) is 8.53. The smallest absolute Gasteiger partial charge is 0.262 e. The number of para-hydroxylation sites is 1. The summed E-state index contributed by atoms with van der Waals surface area (Å²) >= 11 is 7.87. The van der Waals surface area contributed by atoms with Gasteiger partial charge >= 0.3 is 0 Å². The number of hydrogen-bond acceptors (Lipinski definition) is 5. The Morgan fingerprint density at radius 1 is 1.18 bits per heavy atom. The maximum Gasteiger partial charge on any atom is 0.262 e. The Kier molecular flexibility index (Phi) is 5.15. The first kappa shape index (κ1) is 20.4. The van der Waals surface area contributed by atoms with E-state index in [0.29, 0.717) is 39.9 Å². The van der Waals surface area contributed by atoms with Gasteiger partial charge in [0.25, 0.3) is 5.91 Å². The number of hydrogen-bond donors (Lipinski definition) is 1. The number of benzene rings is 2. The Balaban J connectivity index is 1.44. The van der Waals surface area contributed by atoms with Crippen molar-refractivity contribution in [1.82, 2.24) is 4.68 Å². The fourth-order valence-corrected chi connectivity index (χ4v) is 5.75. The fraction of sp³-hybridized carbons (Fsp3) is 0.240. The van der Waals surface area contributed by atoms with Crippen LogP contribution in [0.3, 0.4) is 0 Å². The highest BCUT2D eigenvalue weighted by Gasteiger charge is 2.34. The van der Waals surface area contributed by atoms with E-state index in [2.05, 4.69) is 23.7 Å². The van der Waals surface area contributed by atoms with Crippen LogP contribution in [-0.4, -0.2) is 23.4 Å². The molecule has 2 heterocycles. The number of nitrogens with one attached hydrogen (secondary N) is 1. The third-order valence-corrected chi connectivity index (χ3v) is 7.50. The van der Waals surface area contributed by atoms with Crippen molar-refractivity contribution in [1.29, 1.82) is 0 Å². The van der Waals surface area contributed by atoms with Crippen LogP contribution in [0.1, 0.15) is 12.8 Å². The largest absolute Gasteiger partial charge is 0.482 e. The van der Waals surface area contributed by atoms with E-state index in [4.69, 9.17) is 26.4 Å². The highest BCUT2D eigenvalue weighted by molar-refractivity contribution is 7.07. The summed E-state index contributed by atoms with van der Waals surface area (Å²) in [5.74, 6) is 2.19. The predicted molar refractivity (Wildman–Crippen MR) is 131 cm³/mol. The van der Waals surface area contributed by atoms with E-state index in [1.54, 1.807) is 0 Å². The lowest BCUT2D eigenvalue weighted by atomic mass is 9.95. The number of allylic oxidation sites excluding steroid dienone is 2. The number of fused-ring (bicyclic) bond motifs is 3. The number of thiazole rings is 1. The first-order valence-electron chi connectivity index (χ1n) is 10.9. The second kappa shape index (κ2) is 8.32. The first-order valence-corrected chi connectivity index (χ1v) is 12.2. The van der Waals surface area contributed by atoms with Crippen LogP contribution >= 0.6 is 22.9 Å². The zero-order valence-corrected chi connectivity index (χ0v) is 19.2. The number of anilines is 1. The van der Waals surface area contributed by atoms with Crippen molar-refractivity contribution in [3.8, 4) is 17.0 Å². The summed E-state index contributed by atoms with van der Waals surface area (Å²) in [6.07, 6.45) is 9.09. The Morgan fingerprint density at radius 3 is 2.91 bits per heavy atom. The Hall–Kier alpha value is -3.16. The quantitative estimate of drug-likeness (QED) is 0.400. The monoisotopic (exact) mass is 476 g/mol. The Morgan fingerprint density at radius 2 is 2.09 bits per heavy atom. The molecule has 8 heteroatoms. The van der Waals surface area contributed by atoms with E-state index in [9.17, 15) is 4.79 Å². The number of amides is 1. The summed E-state index contributed by atoms with van der Waals surface area (Å²) in [5.41, 5.74) is 3.17. The molecule has 1 aliphatic heterocycles. The maximum atomic E-state index is 11.8. The molecule has 3 aromatic rings. The third kappa shape index (κ3) is 3.92. The third-order valence-electron chi connectivity index (χ3n) is 6.37. The molecular weight excluding hydrogens is 456 g/mol. The summed E-state index contributed by atoms with van der Waals surface area (Å²) in [5, 5.41) is 10.4. The lowest BCUT2D eigenvalue weighted by Crippen LogP contribution is -2.25. The van der Waals surface area contributed by atoms with Crippen molar-refractivity contribution in [3.63, 3.8) is 0 Å². The van der Waals surface area contributed by atoms with Crippen molar-refractivity contribution in [2.75, 3.05) is 11.9 Å². The van der Waals surface area contributed by atoms with Gasteiger partial charge in [-0.25, -0.2) is 9.67 Å². The molecule has 0 spiro atoms. The minimum atomic E-state index is -0.158. The molecule has 3 aliphatic rings. The van der Waals surface area contributed by atoms with Crippen molar-refractivity contribution < 1.29 is 9.53 Å². The molecule has 3 atom stereocenters. The van der Waals surface area contributed by atoms with Crippen LogP contribution in [0.5, 0.6) is 5.75 Å². The number of halogens is 1. The first-order chi connectivity index (χ1) is 16.1. The molecule has 166 valence electrons. The average molecular weight is 477 g/mol. The zero-order chi connectivity index (χ0) is 22.4. The van der Waals surface area contributed by atoms with Crippen LogP contribution in [0, 0.1) is 17.8 Å². The van der Waals surface area contributed by atoms with E-state index >= 15 is 0 Å². The summed E-state index contributed by atoms with van der Waals surface area (Å²) in [4.78, 5) is 17.3. The van der Waals surface area contributed by atoms with Gasteiger partial charge in [0.05, 0.1) is 22.1 Å². The number of carbonyl (C=O) groups is 1. The lowest BCUT2D eigenvalue weighted by molar-refractivity contribution is -0.118. The lowest BCUT2D eigenvalue weighted by Gasteiger charge is -2.18. The number of ether oxygens (including phenoxy) is 1. The molecule has 2 bridgehead atoms. The van der Waals surface area contributed by atoms with Crippen LogP contribution < -0.4 is 14.9 Å². The van der Waals surface area contributed by atoms with Gasteiger partial charge in [0.1, 0.15) is 5.75 Å². The van der Waals surface area contributed by atoms with Gasteiger partial charge in [-0.05, 0) is 55.0 Å². The van der Waals surface area contributed by atoms with Gasteiger partial charge in [0.15, 0.2) is 6.61 Å². The molecule has 3 unspecified atom stereocenters. The molecule has 1 saturated carbocycles. The fourth-order valence-electron chi connectivity index (χ4n) is 4.72. The van der Waals surface area contributed by atoms with Gasteiger partial charge in [-0.1, -0.05) is 35.9 Å². The molecule has 6 nitrogen and oxygen atoms in total. The van der Waals surface area contributed by atoms with E-state index in [0.717, 1.165) is 22.5 Å². The van der Waals surface area contributed by atoms with Crippen LogP contribution in [0.25, 0.3) is 11.3 Å². The van der Waals surface area contributed by atoms with Crippen LogP contribution in [0.2, 0.25) is 5.02 Å². The number of carbonyl (C=O) groups excluding carboxylic acids is 1. The molecule has 1 amide bonds. The number of aromatic nitrogens is 1. The normalized spacial score (nSPS) is 23.7. The van der Waals surface area contributed by atoms with E-state index in [1.807, 2.05) is 52.5 Å². The number of nitrogens with zero attached hydrogens (tertiary/aromatic N) is 3. The van der Waals surface area contributed by atoms with Crippen molar-refractivity contribution in [2.24, 2.45) is 27.8 Å². The highest BCUT2D eigenvalue weighted by atomic mass is 35.5. The minimum Gasteiger partial charge on any atom is -0.482 e. The van der Waals surface area contributed by atoms with E-state index < -0.39 is 0 Å². The molecule has 2 aromatic carbocycles. The van der Waals surface area contributed by atoms with Crippen molar-refractivity contribution in [2.45, 2.75) is 12.8 Å². The Labute approximate surface area is 199 Å². The van der Waals surface area contributed by atoms with Crippen LogP contribution in [0.4, 0.5) is 11.4 Å². The SMILES string of the molecule is O=C1COc2ccc(-c3csc(=Nc4ccccc4Cl)n3N=CC3CC4C=CC3C4)cc2N1. The van der Waals surface area contributed by atoms with E-state index in [1.165, 1.54) is 17.8 Å². The molecule has 33 heavy (non-hydrogen) atoms. The minimum absolute atomic E-state index is 0.0357. The molecule has 1 fully saturated rings. The predicted octanol–water partition coefficient (Wildman–Crippen LogP) is 5.48. The molecule has 1 N–H and O–H groups in total. The maximum absolute atomic E-state index is 11.8. The molecule has 0 radical (unpaired) electrons. The van der Waals surface area contributed by atoms with Gasteiger partial charge in [0.2, 0.25) is 4.80 Å². The van der Waals surface area contributed by atoms with Gasteiger partial charge in [-0.2, -0.15) is 5.10 Å². The molecule has 1 aromatic heterocycles. The Bertz CT molecular complexity index is 1370.